The van der Waals surface area contributed by atoms with Crippen molar-refractivity contribution in [2.24, 2.45) is 0 Å². The summed E-state index contributed by atoms with van der Waals surface area (Å²) < 4.78 is 26.0. The Morgan fingerprint density at radius 3 is 2.52 bits per heavy atom. The number of nitrogens with one attached hydrogen (secondary N) is 1. The first-order valence-corrected chi connectivity index (χ1v) is 8.70. The first kappa shape index (κ1) is 16.7. The van der Waals surface area contributed by atoms with Gasteiger partial charge in [-0.2, -0.15) is 14.8 Å². The van der Waals surface area contributed by atoms with Crippen molar-refractivity contribution in [2.75, 3.05) is 6.54 Å². The van der Waals surface area contributed by atoms with Crippen LogP contribution in [0.4, 0.5) is 0 Å². The Hall–Kier alpha value is -3.16. The van der Waals surface area contributed by atoms with Crippen LogP contribution in [-0.2, 0) is 16.6 Å². The van der Waals surface area contributed by atoms with E-state index in [4.69, 9.17) is 5.26 Å². The van der Waals surface area contributed by atoms with Crippen molar-refractivity contribution >= 4 is 10.0 Å². The van der Waals surface area contributed by atoms with Crippen molar-refractivity contribution in [1.82, 2.24) is 29.9 Å². The third-order valence-electron chi connectivity index (χ3n) is 3.29. The average molecular weight is 355 g/mol. The third-order valence-corrected chi connectivity index (χ3v) is 4.71. The molecule has 0 unspecified atom stereocenters. The number of pyridine rings is 1. The molecule has 2 aromatic heterocycles. The maximum atomic E-state index is 11.9. The molecule has 0 spiro atoms. The predicted octanol–water partition coefficient (Wildman–Crippen LogP) is 0.585. The van der Waals surface area contributed by atoms with Gasteiger partial charge in [0.2, 0.25) is 15.8 Å². The zero-order chi connectivity index (χ0) is 17.7. The topological polar surface area (TPSA) is 126 Å². The third kappa shape index (κ3) is 4.03. The van der Waals surface area contributed by atoms with Crippen LogP contribution in [0.15, 0.2) is 53.7 Å². The van der Waals surface area contributed by atoms with Gasteiger partial charge < -0.3 is 0 Å². The minimum atomic E-state index is -3.70. The summed E-state index contributed by atoms with van der Waals surface area (Å²) in [6.07, 6.45) is 3.37. The van der Waals surface area contributed by atoms with Gasteiger partial charge in [0, 0.05) is 18.0 Å². The molecule has 0 fully saturated rings. The largest absolute Gasteiger partial charge is 0.265 e. The van der Waals surface area contributed by atoms with Gasteiger partial charge in [-0.25, -0.2) is 8.42 Å². The Morgan fingerprint density at radius 2 is 1.84 bits per heavy atom. The molecule has 25 heavy (non-hydrogen) atoms. The van der Waals surface area contributed by atoms with Gasteiger partial charge in [-0.15, -0.1) is 10.2 Å². The Morgan fingerprint density at radius 1 is 1.12 bits per heavy atom. The Balaban J connectivity index is 1.76. The summed E-state index contributed by atoms with van der Waals surface area (Å²) in [6.45, 7) is 0.176. The lowest BCUT2D eigenvalue weighted by molar-refractivity contribution is 0.572. The van der Waals surface area contributed by atoms with E-state index < -0.39 is 10.0 Å². The van der Waals surface area contributed by atoms with Crippen molar-refractivity contribution in [3.05, 3.63) is 54.4 Å². The molecule has 2 heterocycles. The highest BCUT2D eigenvalue weighted by atomic mass is 32.2. The second-order valence-corrected chi connectivity index (χ2v) is 6.77. The maximum absolute atomic E-state index is 11.9. The summed E-state index contributed by atoms with van der Waals surface area (Å²) >= 11 is 0. The number of aromatic nitrogens is 5. The SMILES string of the molecule is N#CCNS(=O)(=O)c1ccc(-c2nnn(Cc3ccncc3)n2)cc1. The summed E-state index contributed by atoms with van der Waals surface area (Å²) in [7, 11) is -3.70. The minimum absolute atomic E-state index is 0.0654. The van der Waals surface area contributed by atoms with Crippen LogP contribution in [0, 0.1) is 11.3 Å². The van der Waals surface area contributed by atoms with Crippen LogP contribution in [0.2, 0.25) is 0 Å². The van der Waals surface area contributed by atoms with E-state index in [2.05, 4.69) is 25.1 Å². The molecule has 0 saturated carbocycles. The smallest absolute Gasteiger partial charge is 0.241 e. The molecular formula is C15H13N7O2S. The van der Waals surface area contributed by atoms with Gasteiger partial charge in [-0.3, -0.25) is 4.98 Å². The molecule has 0 bridgehead atoms. The van der Waals surface area contributed by atoms with E-state index in [1.807, 2.05) is 12.1 Å². The second kappa shape index (κ2) is 7.16. The van der Waals surface area contributed by atoms with Crippen molar-refractivity contribution in [3.8, 4) is 17.5 Å². The molecule has 3 rings (SSSR count). The van der Waals surface area contributed by atoms with E-state index >= 15 is 0 Å². The Labute approximate surface area is 144 Å². The Kier molecular flexibility index (Phi) is 4.78. The molecule has 1 aromatic carbocycles. The number of rotatable bonds is 6. The molecule has 9 nitrogen and oxygen atoms in total. The molecule has 0 aliphatic rings. The fraction of sp³-hybridized carbons (Fsp3) is 0.133. The average Bonchev–Trinajstić information content (AvgIpc) is 3.09. The van der Waals surface area contributed by atoms with Crippen LogP contribution in [0.25, 0.3) is 11.4 Å². The van der Waals surface area contributed by atoms with E-state index in [1.54, 1.807) is 30.6 Å². The molecule has 126 valence electrons. The number of benzene rings is 1. The number of tetrazole rings is 1. The van der Waals surface area contributed by atoms with Crippen molar-refractivity contribution in [1.29, 1.82) is 5.26 Å². The van der Waals surface area contributed by atoms with Crippen LogP contribution < -0.4 is 4.72 Å². The molecular weight excluding hydrogens is 342 g/mol. The molecule has 0 amide bonds. The van der Waals surface area contributed by atoms with E-state index in [9.17, 15) is 8.42 Å². The highest BCUT2D eigenvalue weighted by molar-refractivity contribution is 7.89. The van der Waals surface area contributed by atoms with Gasteiger partial charge in [0.15, 0.2) is 0 Å². The first-order valence-electron chi connectivity index (χ1n) is 7.22. The quantitative estimate of drug-likeness (QED) is 0.641. The zero-order valence-corrected chi connectivity index (χ0v) is 13.8. The first-order chi connectivity index (χ1) is 12.1. The van der Waals surface area contributed by atoms with Crippen LogP contribution in [-0.4, -0.2) is 40.2 Å². The van der Waals surface area contributed by atoms with Crippen molar-refractivity contribution in [2.45, 2.75) is 11.4 Å². The molecule has 0 atom stereocenters. The Bertz CT molecular complexity index is 992. The minimum Gasteiger partial charge on any atom is -0.265 e. The number of nitrogens with zero attached hydrogens (tertiary/aromatic N) is 6. The highest BCUT2D eigenvalue weighted by Gasteiger charge is 2.14. The maximum Gasteiger partial charge on any atom is 0.241 e. The normalized spacial score (nSPS) is 11.2. The predicted molar refractivity (Wildman–Crippen MR) is 87.4 cm³/mol. The molecule has 1 N–H and O–H groups in total. The second-order valence-electron chi connectivity index (χ2n) is 5.01. The van der Waals surface area contributed by atoms with Gasteiger partial charge in [0.05, 0.1) is 24.1 Å². The molecule has 10 heteroatoms. The van der Waals surface area contributed by atoms with Gasteiger partial charge in [-0.1, -0.05) is 0 Å². The van der Waals surface area contributed by atoms with E-state index in [0.717, 1.165) is 5.56 Å². The molecule has 0 aliphatic carbocycles. The zero-order valence-electron chi connectivity index (χ0n) is 12.9. The molecule has 3 aromatic rings. The van der Waals surface area contributed by atoms with Gasteiger partial charge >= 0.3 is 0 Å². The van der Waals surface area contributed by atoms with Crippen LogP contribution >= 0.6 is 0 Å². The lowest BCUT2D eigenvalue weighted by atomic mass is 10.2. The van der Waals surface area contributed by atoms with E-state index in [-0.39, 0.29) is 11.4 Å². The number of hydrogen-bond donors (Lipinski definition) is 1. The summed E-state index contributed by atoms with van der Waals surface area (Å²) in [5.74, 6) is 0.392. The summed E-state index contributed by atoms with van der Waals surface area (Å²) in [6, 6.07) is 11.5. The lowest BCUT2D eigenvalue weighted by Crippen LogP contribution is -2.23. The molecule has 0 saturated heterocycles. The van der Waals surface area contributed by atoms with Gasteiger partial charge in [0.1, 0.15) is 0 Å². The lowest BCUT2D eigenvalue weighted by Gasteiger charge is -2.03. The standard InChI is InChI=1S/C15H13N7O2S/c16-7-10-18-25(23,24)14-3-1-13(2-4-14)15-19-21-22(20-15)11-12-5-8-17-9-6-12/h1-6,8-9,18H,10-11H2. The summed E-state index contributed by atoms with van der Waals surface area (Å²) in [5.41, 5.74) is 1.63. The van der Waals surface area contributed by atoms with Crippen LogP contribution in [0.1, 0.15) is 5.56 Å². The van der Waals surface area contributed by atoms with E-state index in [1.165, 1.54) is 16.9 Å². The molecule has 0 radical (unpaired) electrons. The van der Waals surface area contributed by atoms with Crippen molar-refractivity contribution < 1.29 is 8.42 Å². The number of sulfonamides is 1. The monoisotopic (exact) mass is 355 g/mol. The van der Waals surface area contributed by atoms with Crippen LogP contribution in [0.3, 0.4) is 0 Å². The van der Waals surface area contributed by atoms with E-state index in [0.29, 0.717) is 17.9 Å². The fourth-order valence-electron chi connectivity index (χ4n) is 2.07. The number of hydrogen-bond acceptors (Lipinski definition) is 7. The van der Waals surface area contributed by atoms with Crippen LogP contribution in [0.5, 0.6) is 0 Å². The summed E-state index contributed by atoms with van der Waals surface area (Å²) in [5, 5.41) is 20.7. The number of nitriles is 1. The van der Waals surface area contributed by atoms with Crippen molar-refractivity contribution in [3.63, 3.8) is 0 Å². The fourth-order valence-corrected chi connectivity index (χ4v) is 2.99. The summed E-state index contributed by atoms with van der Waals surface area (Å²) in [4.78, 5) is 5.46. The van der Waals surface area contributed by atoms with Gasteiger partial charge in [0.25, 0.3) is 0 Å². The highest BCUT2D eigenvalue weighted by Crippen LogP contribution is 2.17. The van der Waals surface area contributed by atoms with Gasteiger partial charge in [-0.05, 0) is 47.2 Å². The molecule has 0 aliphatic heterocycles.